The summed E-state index contributed by atoms with van der Waals surface area (Å²) in [6.07, 6.45) is 0. The maximum absolute atomic E-state index is 5.71. The second kappa shape index (κ2) is 3.88. The molecule has 7 heteroatoms. The van der Waals surface area contributed by atoms with Gasteiger partial charge in [0.15, 0.2) is 9.50 Å². The molecule has 4 nitrogen and oxygen atoms in total. The van der Waals surface area contributed by atoms with E-state index < -0.39 is 0 Å². The molecule has 0 atom stereocenters. The summed E-state index contributed by atoms with van der Waals surface area (Å²) in [7, 11) is 1.92. The standard InChI is InChI=1S/C7H7ClN4S2/c1-4-10-11-6(12(4)2)14-7-9-5(8)3-13-7/h3H,1-2H3. The maximum atomic E-state index is 5.71. The van der Waals surface area contributed by atoms with Crippen LogP contribution in [0.25, 0.3) is 0 Å². The Kier molecular flexibility index (Phi) is 2.76. The molecule has 0 spiro atoms. The van der Waals surface area contributed by atoms with Crippen molar-refractivity contribution >= 4 is 34.7 Å². The summed E-state index contributed by atoms with van der Waals surface area (Å²) >= 11 is 8.68. The molecule has 74 valence electrons. The van der Waals surface area contributed by atoms with Gasteiger partial charge in [0.2, 0.25) is 0 Å². The predicted molar refractivity (Wildman–Crippen MR) is 57.0 cm³/mol. The largest absolute Gasteiger partial charge is 0.309 e. The van der Waals surface area contributed by atoms with E-state index in [4.69, 9.17) is 11.6 Å². The van der Waals surface area contributed by atoms with Crippen molar-refractivity contribution in [3.63, 3.8) is 0 Å². The predicted octanol–water partition coefficient (Wildman–Crippen LogP) is 2.38. The number of rotatable bonds is 2. The highest BCUT2D eigenvalue weighted by atomic mass is 35.5. The zero-order chi connectivity index (χ0) is 10.1. The van der Waals surface area contributed by atoms with E-state index in [9.17, 15) is 0 Å². The SMILES string of the molecule is Cc1nnc(Sc2nc(Cl)cs2)n1C. The van der Waals surface area contributed by atoms with E-state index in [2.05, 4.69) is 15.2 Å². The summed E-state index contributed by atoms with van der Waals surface area (Å²) in [6.45, 7) is 1.91. The van der Waals surface area contributed by atoms with E-state index in [1.54, 1.807) is 5.38 Å². The van der Waals surface area contributed by atoms with E-state index in [1.807, 2.05) is 18.5 Å². The molecular formula is C7H7ClN4S2. The van der Waals surface area contributed by atoms with Crippen LogP contribution in [0.15, 0.2) is 14.9 Å². The van der Waals surface area contributed by atoms with Crippen molar-refractivity contribution < 1.29 is 0 Å². The van der Waals surface area contributed by atoms with Gasteiger partial charge in [-0.25, -0.2) is 4.98 Å². The van der Waals surface area contributed by atoms with Crippen LogP contribution in [0.2, 0.25) is 5.15 Å². The highest BCUT2D eigenvalue weighted by molar-refractivity contribution is 8.00. The molecule has 0 N–H and O–H groups in total. The molecule has 0 fully saturated rings. The van der Waals surface area contributed by atoms with Crippen LogP contribution in [-0.4, -0.2) is 19.7 Å². The summed E-state index contributed by atoms with van der Waals surface area (Å²) in [5, 5.41) is 11.1. The van der Waals surface area contributed by atoms with Crippen LogP contribution < -0.4 is 0 Å². The molecule has 2 rings (SSSR count). The number of halogens is 1. The van der Waals surface area contributed by atoms with Crippen LogP contribution in [0.4, 0.5) is 0 Å². The second-order valence-corrected chi connectivity index (χ2v) is 5.09. The lowest BCUT2D eigenvalue weighted by Crippen LogP contribution is -1.92. The Labute approximate surface area is 94.3 Å². The lowest BCUT2D eigenvalue weighted by molar-refractivity contribution is 0.765. The molecule has 0 unspecified atom stereocenters. The van der Waals surface area contributed by atoms with Crippen molar-refractivity contribution in [3.05, 3.63) is 16.4 Å². The normalized spacial score (nSPS) is 10.8. The van der Waals surface area contributed by atoms with Crippen LogP contribution in [0, 0.1) is 6.92 Å². The molecular weight excluding hydrogens is 240 g/mol. The number of hydrogen-bond donors (Lipinski definition) is 0. The van der Waals surface area contributed by atoms with Gasteiger partial charge in [0.1, 0.15) is 11.0 Å². The van der Waals surface area contributed by atoms with Gasteiger partial charge in [0.05, 0.1) is 0 Å². The number of nitrogens with zero attached hydrogens (tertiary/aromatic N) is 4. The van der Waals surface area contributed by atoms with Crippen LogP contribution in [-0.2, 0) is 7.05 Å². The summed E-state index contributed by atoms with van der Waals surface area (Å²) in [6, 6.07) is 0. The molecule has 2 heterocycles. The lowest BCUT2D eigenvalue weighted by atomic mass is 10.7. The Morgan fingerprint density at radius 1 is 1.50 bits per heavy atom. The van der Waals surface area contributed by atoms with Gasteiger partial charge >= 0.3 is 0 Å². The van der Waals surface area contributed by atoms with Crippen molar-refractivity contribution in [2.75, 3.05) is 0 Å². The zero-order valence-electron chi connectivity index (χ0n) is 7.56. The molecule has 0 aliphatic heterocycles. The molecule has 0 radical (unpaired) electrons. The summed E-state index contributed by atoms with van der Waals surface area (Å²) < 4.78 is 2.80. The fourth-order valence-electron chi connectivity index (χ4n) is 0.841. The van der Waals surface area contributed by atoms with Crippen molar-refractivity contribution in [1.82, 2.24) is 19.7 Å². The third-order valence-electron chi connectivity index (χ3n) is 1.69. The molecule has 0 aromatic carbocycles. The average Bonchev–Trinajstić information content (AvgIpc) is 2.67. The van der Waals surface area contributed by atoms with Crippen molar-refractivity contribution in [2.24, 2.45) is 7.05 Å². The number of hydrogen-bond acceptors (Lipinski definition) is 5. The Morgan fingerprint density at radius 3 is 2.79 bits per heavy atom. The fraction of sp³-hybridized carbons (Fsp3) is 0.286. The summed E-state index contributed by atoms with van der Waals surface area (Å²) in [5.74, 6) is 0.884. The van der Waals surface area contributed by atoms with Crippen molar-refractivity contribution in [3.8, 4) is 0 Å². The van der Waals surface area contributed by atoms with Crippen LogP contribution in [0.1, 0.15) is 5.82 Å². The Bertz CT molecular complexity index is 450. The van der Waals surface area contributed by atoms with Crippen molar-refractivity contribution in [2.45, 2.75) is 16.4 Å². The molecule has 0 aliphatic carbocycles. The molecule has 0 bridgehead atoms. The number of aryl methyl sites for hydroxylation is 1. The van der Waals surface area contributed by atoms with E-state index in [0.717, 1.165) is 15.3 Å². The lowest BCUT2D eigenvalue weighted by Gasteiger charge is -1.96. The van der Waals surface area contributed by atoms with Crippen LogP contribution >= 0.6 is 34.7 Å². The zero-order valence-corrected chi connectivity index (χ0v) is 9.95. The molecule has 2 aromatic rings. The fourth-order valence-corrected chi connectivity index (χ4v) is 2.77. The smallest absolute Gasteiger partial charge is 0.198 e. The first kappa shape index (κ1) is 9.95. The summed E-state index contributed by atoms with van der Waals surface area (Å²) in [4.78, 5) is 4.12. The Hall–Kier alpha value is -0.590. The Morgan fingerprint density at radius 2 is 2.29 bits per heavy atom. The average molecular weight is 247 g/mol. The highest BCUT2D eigenvalue weighted by Crippen LogP contribution is 2.30. The second-order valence-electron chi connectivity index (χ2n) is 2.63. The van der Waals surface area contributed by atoms with Gasteiger partial charge < -0.3 is 4.57 Å². The maximum Gasteiger partial charge on any atom is 0.198 e. The minimum absolute atomic E-state index is 0.524. The molecule has 14 heavy (non-hydrogen) atoms. The molecule has 2 aromatic heterocycles. The molecule has 0 aliphatic rings. The third-order valence-corrected chi connectivity index (χ3v) is 3.99. The topological polar surface area (TPSA) is 43.6 Å². The number of aromatic nitrogens is 4. The van der Waals surface area contributed by atoms with Gasteiger partial charge in [-0.1, -0.05) is 11.6 Å². The third kappa shape index (κ3) is 1.92. The number of thiazole rings is 1. The van der Waals surface area contributed by atoms with Gasteiger partial charge in [0, 0.05) is 12.4 Å². The van der Waals surface area contributed by atoms with E-state index >= 15 is 0 Å². The minimum Gasteiger partial charge on any atom is -0.309 e. The summed E-state index contributed by atoms with van der Waals surface area (Å²) in [5.41, 5.74) is 0. The van der Waals surface area contributed by atoms with Gasteiger partial charge in [-0.2, -0.15) is 0 Å². The van der Waals surface area contributed by atoms with Crippen LogP contribution in [0.3, 0.4) is 0 Å². The first-order valence-electron chi connectivity index (χ1n) is 3.81. The Balaban J connectivity index is 2.22. The van der Waals surface area contributed by atoms with Gasteiger partial charge in [-0.3, -0.25) is 0 Å². The van der Waals surface area contributed by atoms with E-state index in [1.165, 1.54) is 23.1 Å². The first-order valence-corrected chi connectivity index (χ1v) is 5.89. The van der Waals surface area contributed by atoms with Gasteiger partial charge in [-0.05, 0) is 18.7 Å². The van der Waals surface area contributed by atoms with Gasteiger partial charge in [-0.15, -0.1) is 21.5 Å². The minimum atomic E-state index is 0.524. The monoisotopic (exact) mass is 246 g/mol. The van der Waals surface area contributed by atoms with Crippen molar-refractivity contribution in [1.29, 1.82) is 0 Å². The molecule has 0 amide bonds. The first-order chi connectivity index (χ1) is 6.66. The molecule has 0 saturated carbocycles. The van der Waals surface area contributed by atoms with Gasteiger partial charge in [0.25, 0.3) is 0 Å². The van der Waals surface area contributed by atoms with E-state index in [-0.39, 0.29) is 0 Å². The molecule has 0 saturated heterocycles. The highest BCUT2D eigenvalue weighted by Gasteiger charge is 2.09. The quantitative estimate of drug-likeness (QED) is 0.816. The van der Waals surface area contributed by atoms with Crippen LogP contribution in [0.5, 0.6) is 0 Å². The van der Waals surface area contributed by atoms with E-state index in [0.29, 0.717) is 5.15 Å².